The van der Waals surface area contributed by atoms with Gasteiger partial charge in [0.1, 0.15) is 0 Å². The maximum atomic E-state index is 10.6. The molecule has 0 aromatic heterocycles. The topological polar surface area (TPSA) is 23.6 Å². The molecule has 0 aliphatic carbocycles. The van der Waals surface area contributed by atoms with E-state index < -0.39 is 0 Å². The first-order valence-electron chi connectivity index (χ1n) is 5.62. The minimum Gasteiger partial charge on any atom is -0.345 e. The van der Waals surface area contributed by atoms with Gasteiger partial charge in [-0.15, -0.1) is 0 Å². The van der Waals surface area contributed by atoms with Crippen LogP contribution in [0.3, 0.4) is 0 Å². The first kappa shape index (κ1) is 9.97. The number of carbonyl (C=O) groups excluding carboxylic acids is 1. The van der Waals surface area contributed by atoms with Gasteiger partial charge in [0.05, 0.1) is 0 Å². The van der Waals surface area contributed by atoms with Crippen molar-refractivity contribution in [2.45, 2.75) is 25.7 Å². The first-order chi connectivity index (χ1) is 6.74. The van der Waals surface area contributed by atoms with Crippen molar-refractivity contribution in [2.24, 2.45) is 5.41 Å². The highest BCUT2D eigenvalue weighted by Gasteiger charge is 2.36. The Morgan fingerprint density at radius 1 is 1.00 bits per heavy atom. The summed E-state index contributed by atoms with van der Waals surface area (Å²) in [5.74, 6) is 0. The first-order valence-corrected chi connectivity index (χ1v) is 5.62. The zero-order valence-corrected chi connectivity index (χ0v) is 9.04. The van der Waals surface area contributed by atoms with Crippen LogP contribution in [0.2, 0.25) is 0 Å². The van der Waals surface area contributed by atoms with E-state index in [1.165, 1.54) is 38.8 Å². The van der Waals surface area contributed by atoms with E-state index in [0.29, 0.717) is 5.41 Å². The molecule has 0 atom stereocenters. The third kappa shape index (κ3) is 1.92. The number of likely N-dealkylation sites (tertiary alicyclic amines) is 2. The molecule has 2 fully saturated rings. The Labute approximate surface area is 86.1 Å². The predicted molar refractivity (Wildman–Crippen MR) is 56.0 cm³/mol. The Kier molecular flexibility index (Phi) is 2.77. The maximum absolute atomic E-state index is 10.6. The van der Waals surface area contributed by atoms with Gasteiger partial charge in [-0.3, -0.25) is 4.79 Å². The zero-order valence-electron chi connectivity index (χ0n) is 9.04. The average molecular weight is 196 g/mol. The van der Waals surface area contributed by atoms with Gasteiger partial charge >= 0.3 is 0 Å². The Bertz CT molecular complexity index is 199. The van der Waals surface area contributed by atoms with Crippen molar-refractivity contribution in [1.82, 2.24) is 9.80 Å². The molecule has 1 amide bonds. The zero-order chi connectivity index (χ0) is 10.0. The van der Waals surface area contributed by atoms with Crippen molar-refractivity contribution in [3.63, 3.8) is 0 Å². The quantitative estimate of drug-likeness (QED) is 0.583. The second-order valence-corrected chi connectivity index (χ2v) is 4.94. The standard InChI is InChI=1S/C11H20N2O/c1-12-6-2-11(3-7-12)4-8-13(10-14)9-5-11/h10H,2-9H2,1H3. The second kappa shape index (κ2) is 3.89. The molecule has 0 N–H and O–H groups in total. The fraction of sp³-hybridized carbons (Fsp3) is 0.909. The van der Waals surface area contributed by atoms with E-state index in [4.69, 9.17) is 0 Å². The largest absolute Gasteiger partial charge is 0.345 e. The molecule has 0 aromatic rings. The number of hydrogen-bond donors (Lipinski definition) is 0. The normalized spacial score (nSPS) is 27.9. The summed E-state index contributed by atoms with van der Waals surface area (Å²) in [6.07, 6.45) is 6.10. The van der Waals surface area contributed by atoms with Crippen molar-refractivity contribution in [1.29, 1.82) is 0 Å². The summed E-state index contributed by atoms with van der Waals surface area (Å²) in [6, 6.07) is 0. The fourth-order valence-corrected chi connectivity index (χ4v) is 2.70. The second-order valence-electron chi connectivity index (χ2n) is 4.94. The SMILES string of the molecule is CN1CCC2(CC1)CCN(C=O)CC2. The Balaban J connectivity index is 1.89. The molecule has 3 nitrogen and oxygen atoms in total. The van der Waals surface area contributed by atoms with Crippen LogP contribution in [0.5, 0.6) is 0 Å². The number of amides is 1. The molecule has 2 rings (SSSR count). The average Bonchev–Trinajstić information content (AvgIpc) is 2.24. The lowest BCUT2D eigenvalue weighted by Gasteiger charge is -2.45. The van der Waals surface area contributed by atoms with E-state index in [0.717, 1.165) is 19.5 Å². The summed E-state index contributed by atoms with van der Waals surface area (Å²) < 4.78 is 0. The molecule has 0 saturated carbocycles. The van der Waals surface area contributed by atoms with Gasteiger partial charge in [-0.25, -0.2) is 0 Å². The van der Waals surface area contributed by atoms with Crippen LogP contribution in [0, 0.1) is 5.41 Å². The van der Waals surface area contributed by atoms with Crippen molar-refractivity contribution in [2.75, 3.05) is 33.2 Å². The Hall–Kier alpha value is -0.570. The van der Waals surface area contributed by atoms with Crippen molar-refractivity contribution in [3.8, 4) is 0 Å². The molecule has 3 heteroatoms. The van der Waals surface area contributed by atoms with Gasteiger partial charge in [-0.05, 0) is 51.2 Å². The van der Waals surface area contributed by atoms with Crippen LogP contribution in [0.15, 0.2) is 0 Å². The third-order valence-corrected chi connectivity index (χ3v) is 4.06. The lowest BCUT2D eigenvalue weighted by Crippen LogP contribution is -2.45. The van der Waals surface area contributed by atoms with Crippen LogP contribution in [0.25, 0.3) is 0 Å². The highest BCUT2D eigenvalue weighted by atomic mass is 16.1. The number of carbonyl (C=O) groups is 1. The molecule has 2 aliphatic heterocycles. The number of piperidine rings is 2. The molecular formula is C11H20N2O. The highest BCUT2D eigenvalue weighted by molar-refractivity contribution is 5.47. The van der Waals surface area contributed by atoms with E-state index >= 15 is 0 Å². The van der Waals surface area contributed by atoms with Gasteiger partial charge in [-0.2, -0.15) is 0 Å². The van der Waals surface area contributed by atoms with Crippen LogP contribution < -0.4 is 0 Å². The van der Waals surface area contributed by atoms with Crippen LogP contribution in [0.1, 0.15) is 25.7 Å². The monoisotopic (exact) mass is 196 g/mol. The van der Waals surface area contributed by atoms with E-state index in [1.807, 2.05) is 4.90 Å². The lowest BCUT2D eigenvalue weighted by atomic mass is 9.71. The maximum Gasteiger partial charge on any atom is 0.209 e. The van der Waals surface area contributed by atoms with E-state index in [9.17, 15) is 4.79 Å². The molecule has 0 bridgehead atoms. The Morgan fingerprint density at radius 3 is 2.00 bits per heavy atom. The molecule has 1 spiro atoms. The molecule has 2 heterocycles. The molecule has 0 radical (unpaired) electrons. The third-order valence-electron chi connectivity index (χ3n) is 4.06. The van der Waals surface area contributed by atoms with Gasteiger partial charge in [0, 0.05) is 13.1 Å². The minimum atomic E-state index is 0.575. The van der Waals surface area contributed by atoms with Gasteiger partial charge < -0.3 is 9.80 Å². The smallest absolute Gasteiger partial charge is 0.209 e. The molecule has 2 aliphatic rings. The van der Waals surface area contributed by atoms with Crippen molar-refractivity contribution < 1.29 is 4.79 Å². The summed E-state index contributed by atoms with van der Waals surface area (Å²) >= 11 is 0. The molecular weight excluding hydrogens is 176 g/mol. The summed E-state index contributed by atoms with van der Waals surface area (Å²) in [5.41, 5.74) is 0.575. The van der Waals surface area contributed by atoms with Crippen LogP contribution in [-0.2, 0) is 4.79 Å². The van der Waals surface area contributed by atoms with E-state index in [1.54, 1.807) is 0 Å². The van der Waals surface area contributed by atoms with Gasteiger partial charge in [0.15, 0.2) is 0 Å². The van der Waals surface area contributed by atoms with Gasteiger partial charge in [0.2, 0.25) is 6.41 Å². The molecule has 0 unspecified atom stereocenters. The minimum absolute atomic E-state index is 0.575. The summed E-state index contributed by atoms with van der Waals surface area (Å²) in [6.45, 7) is 4.43. The predicted octanol–water partition coefficient (Wildman–Crippen LogP) is 0.951. The highest BCUT2D eigenvalue weighted by Crippen LogP contribution is 2.40. The Morgan fingerprint density at radius 2 is 1.50 bits per heavy atom. The molecule has 80 valence electrons. The number of nitrogens with zero attached hydrogens (tertiary/aromatic N) is 2. The molecule has 2 saturated heterocycles. The lowest BCUT2D eigenvalue weighted by molar-refractivity contribution is -0.120. The summed E-state index contributed by atoms with van der Waals surface area (Å²) in [5, 5.41) is 0. The van der Waals surface area contributed by atoms with E-state index in [2.05, 4.69) is 11.9 Å². The van der Waals surface area contributed by atoms with Crippen LogP contribution in [0.4, 0.5) is 0 Å². The number of rotatable bonds is 1. The van der Waals surface area contributed by atoms with Crippen LogP contribution >= 0.6 is 0 Å². The summed E-state index contributed by atoms with van der Waals surface area (Å²) in [7, 11) is 2.20. The van der Waals surface area contributed by atoms with Crippen molar-refractivity contribution in [3.05, 3.63) is 0 Å². The molecule has 14 heavy (non-hydrogen) atoms. The van der Waals surface area contributed by atoms with Gasteiger partial charge in [-0.1, -0.05) is 0 Å². The van der Waals surface area contributed by atoms with E-state index in [-0.39, 0.29) is 0 Å². The number of hydrogen-bond acceptors (Lipinski definition) is 2. The van der Waals surface area contributed by atoms with Gasteiger partial charge in [0.25, 0.3) is 0 Å². The van der Waals surface area contributed by atoms with Crippen molar-refractivity contribution >= 4 is 6.41 Å². The fourth-order valence-electron chi connectivity index (χ4n) is 2.70. The van der Waals surface area contributed by atoms with Crippen LogP contribution in [-0.4, -0.2) is 49.4 Å². The summed E-state index contributed by atoms with van der Waals surface area (Å²) in [4.78, 5) is 14.9. The molecule has 0 aromatic carbocycles.